The molecule has 180 valence electrons. The number of hydrogen-bond donors (Lipinski definition) is 3. The van der Waals surface area contributed by atoms with Gasteiger partial charge in [0.05, 0.1) is 11.4 Å². The molecular weight excluding hydrogens is 438 g/mol. The van der Waals surface area contributed by atoms with Gasteiger partial charge in [0.25, 0.3) is 0 Å². The van der Waals surface area contributed by atoms with Crippen LogP contribution in [0.4, 0.5) is 17.1 Å². The average molecular weight is 470 g/mol. The van der Waals surface area contributed by atoms with Crippen molar-refractivity contribution >= 4 is 17.1 Å². The monoisotopic (exact) mass is 469 g/mol. The second-order valence-corrected chi connectivity index (χ2v) is 9.07. The summed E-state index contributed by atoms with van der Waals surface area (Å²) in [7, 11) is 0. The first-order valence-corrected chi connectivity index (χ1v) is 11.5. The highest BCUT2D eigenvalue weighted by Crippen LogP contribution is 2.44. The summed E-state index contributed by atoms with van der Waals surface area (Å²) in [5.41, 5.74) is 7.32. The van der Waals surface area contributed by atoms with Gasteiger partial charge in [-0.25, -0.2) is 0 Å². The van der Waals surface area contributed by atoms with Crippen LogP contribution in [0.15, 0.2) is 60.7 Å². The number of phenols is 3. The minimum absolute atomic E-state index is 0.150. The van der Waals surface area contributed by atoms with Crippen molar-refractivity contribution in [2.75, 3.05) is 4.90 Å². The number of nitrogens with zero attached hydrogens (tertiary/aromatic N) is 1. The average Bonchev–Trinajstić information content (AvgIpc) is 2.82. The Labute approximate surface area is 206 Å². The van der Waals surface area contributed by atoms with Gasteiger partial charge in [0, 0.05) is 28.9 Å². The summed E-state index contributed by atoms with van der Waals surface area (Å²) >= 11 is 0. The number of benzene rings is 4. The topological polar surface area (TPSA) is 73.2 Å². The van der Waals surface area contributed by atoms with Crippen molar-refractivity contribution < 1.29 is 20.1 Å². The first-order chi connectivity index (χ1) is 16.6. The van der Waals surface area contributed by atoms with Crippen molar-refractivity contribution in [3.63, 3.8) is 0 Å². The lowest BCUT2D eigenvalue weighted by atomic mass is 10.0. The van der Waals surface area contributed by atoms with Gasteiger partial charge >= 0.3 is 0 Å². The fourth-order valence-electron chi connectivity index (χ4n) is 4.27. The van der Waals surface area contributed by atoms with E-state index in [1.54, 1.807) is 12.1 Å². The largest absolute Gasteiger partial charge is 0.508 e. The van der Waals surface area contributed by atoms with Gasteiger partial charge in [-0.05, 0) is 94.1 Å². The molecule has 0 heterocycles. The summed E-state index contributed by atoms with van der Waals surface area (Å²) in [4.78, 5) is 2.01. The van der Waals surface area contributed by atoms with Crippen molar-refractivity contribution in [2.24, 2.45) is 0 Å². The second-order valence-electron chi connectivity index (χ2n) is 9.07. The van der Waals surface area contributed by atoms with Crippen molar-refractivity contribution in [1.82, 2.24) is 0 Å². The van der Waals surface area contributed by atoms with Crippen LogP contribution in [0.1, 0.15) is 33.4 Å². The Morgan fingerprint density at radius 3 is 1.74 bits per heavy atom. The molecule has 0 unspecified atom stereocenters. The first kappa shape index (κ1) is 24.0. The van der Waals surface area contributed by atoms with Crippen molar-refractivity contribution in [3.8, 4) is 28.7 Å². The molecule has 5 nitrogen and oxygen atoms in total. The molecule has 3 N–H and O–H groups in total. The number of aryl methyl sites for hydroxylation is 3. The molecule has 0 atom stereocenters. The van der Waals surface area contributed by atoms with E-state index in [0.717, 1.165) is 50.4 Å². The van der Waals surface area contributed by atoms with E-state index in [0.29, 0.717) is 11.5 Å². The van der Waals surface area contributed by atoms with Crippen LogP contribution >= 0.6 is 0 Å². The summed E-state index contributed by atoms with van der Waals surface area (Å²) in [6.45, 7) is 11.4. The molecule has 0 aromatic heterocycles. The molecule has 0 aliphatic rings. The van der Waals surface area contributed by atoms with Crippen LogP contribution in [-0.2, 0) is 0 Å². The highest BCUT2D eigenvalue weighted by Gasteiger charge is 2.21. The zero-order valence-electron chi connectivity index (χ0n) is 21.0. The van der Waals surface area contributed by atoms with E-state index in [-0.39, 0.29) is 17.2 Å². The Bertz CT molecular complexity index is 1370. The summed E-state index contributed by atoms with van der Waals surface area (Å²) in [6, 6.07) is 18.6. The Morgan fingerprint density at radius 1 is 0.600 bits per heavy atom. The van der Waals surface area contributed by atoms with Crippen LogP contribution in [0.3, 0.4) is 0 Å². The number of anilines is 3. The highest BCUT2D eigenvalue weighted by atomic mass is 16.5. The van der Waals surface area contributed by atoms with Gasteiger partial charge in [0.15, 0.2) is 0 Å². The zero-order valence-corrected chi connectivity index (χ0v) is 21.0. The molecule has 0 aliphatic carbocycles. The predicted molar refractivity (Wildman–Crippen MR) is 141 cm³/mol. The molecular formula is C30H31NO4. The second kappa shape index (κ2) is 9.26. The third-order valence-corrected chi connectivity index (χ3v) is 6.60. The normalized spacial score (nSPS) is 10.9. The Kier molecular flexibility index (Phi) is 6.35. The van der Waals surface area contributed by atoms with Crippen LogP contribution in [0.5, 0.6) is 28.7 Å². The van der Waals surface area contributed by atoms with E-state index >= 15 is 0 Å². The summed E-state index contributed by atoms with van der Waals surface area (Å²) < 4.78 is 6.19. The molecule has 35 heavy (non-hydrogen) atoms. The molecule has 4 aromatic carbocycles. The van der Waals surface area contributed by atoms with Gasteiger partial charge in [-0.15, -0.1) is 0 Å². The lowest BCUT2D eigenvalue weighted by Gasteiger charge is -2.30. The maximum Gasteiger partial charge on any atom is 0.134 e. The van der Waals surface area contributed by atoms with Crippen molar-refractivity contribution in [2.45, 2.75) is 41.5 Å². The fourth-order valence-corrected chi connectivity index (χ4v) is 4.27. The molecule has 4 aromatic rings. The Balaban J connectivity index is 1.89. The molecule has 0 radical (unpaired) electrons. The fraction of sp³-hybridized carbons (Fsp3) is 0.200. The van der Waals surface area contributed by atoms with Crippen molar-refractivity contribution in [1.29, 1.82) is 0 Å². The molecule has 0 spiro atoms. The van der Waals surface area contributed by atoms with Crippen LogP contribution in [-0.4, -0.2) is 15.3 Å². The standard InChI is InChI=1S/C30H31NO4/c1-17-10-12-26(21(5)29(17)33)31(27-13-11-18(2)30(34)22(27)6)23-8-7-9-25(15-23)35-28-16-24(32)14-19(3)20(28)4/h7-16,32-34H,1-6H3. The van der Waals surface area contributed by atoms with Gasteiger partial charge in [-0.1, -0.05) is 18.2 Å². The van der Waals surface area contributed by atoms with E-state index in [2.05, 4.69) is 0 Å². The van der Waals surface area contributed by atoms with E-state index in [1.807, 2.05) is 95.0 Å². The SMILES string of the molecule is Cc1cc(O)cc(Oc2cccc(N(c3ccc(C)c(O)c3C)c3ccc(C)c(O)c3C)c2)c1C. The number of phenolic OH excluding ortho intramolecular Hbond substituents is 3. The van der Waals surface area contributed by atoms with Crippen molar-refractivity contribution in [3.05, 3.63) is 94.0 Å². The van der Waals surface area contributed by atoms with E-state index in [1.165, 1.54) is 0 Å². The van der Waals surface area contributed by atoms with Crippen LogP contribution in [0, 0.1) is 41.5 Å². The molecule has 5 heteroatoms. The van der Waals surface area contributed by atoms with Crippen LogP contribution in [0.25, 0.3) is 0 Å². The smallest absolute Gasteiger partial charge is 0.134 e. The molecule has 0 saturated carbocycles. The lowest BCUT2D eigenvalue weighted by Crippen LogP contribution is -2.13. The molecule has 0 amide bonds. The summed E-state index contributed by atoms with van der Waals surface area (Å²) in [5, 5.41) is 31.5. The lowest BCUT2D eigenvalue weighted by molar-refractivity contribution is 0.452. The Morgan fingerprint density at radius 2 is 1.17 bits per heavy atom. The van der Waals surface area contributed by atoms with E-state index in [4.69, 9.17) is 4.74 Å². The quantitative estimate of drug-likeness (QED) is 0.277. The molecule has 0 bridgehead atoms. The highest BCUT2D eigenvalue weighted by molar-refractivity contribution is 5.83. The van der Waals surface area contributed by atoms with E-state index < -0.39 is 0 Å². The number of hydrogen-bond acceptors (Lipinski definition) is 5. The first-order valence-electron chi connectivity index (χ1n) is 11.5. The van der Waals surface area contributed by atoms with Gasteiger partial charge < -0.3 is 25.0 Å². The maximum atomic E-state index is 10.7. The third kappa shape index (κ3) is 4.50. The predicted octanol–water partition coefficient (Wildman–Crippen LogP) is 7.92. The number of aromatic hydroxyl groups is 3. The van der Waals surface area contributed by atoms with Gasteiger partial charge in [-0.2, -0.15) is 0 Å². The van der Waals surface area contributed by atoms with Crippen LogP contribution < -0.4 is 9.64 Å². The molecule has 4 rings (SSSR count). The zero-order chi connectivity index (χ0) is 25.4. The van der Waals surface area contributed by atoms with Gasteiger partial charge in [-0.3, -0.25) is 0 Å². The minimum Gasteiger partial charge on any atom is -0.508 e. The maximum absolute atomic E-state index is 10.7. The third-order valence-electron chi connectivity index (χ3n) is 6.60. The van der Waals surface area contributed by atoms with E-state index in [9.17, 15) is 15.3 Å². The molecule has 0 saturated heterocycles. The minimum atomic E-state index is 0.150. The van der Waals surface area contributed by atoms with Gasteiger partial charge in [0.1, 0.15) is 28.7 Å². The summed E-state index contributed by atoms with van der Waals surface area (Å²) in [6.07, 6.45) is 0. The van der Waals surface area contributed by atoms with Crippen LogP contribution in [0.2, 0.25) is 0 Å². The number of rotatable bonds is 5. The summed E-state index contributed by atoms with van der Waals surface area (Å²) in [5.74, 6) is 1.81. The molecule has 0 aliphatic heterocycles. The van der Waals surface area contributed by atoms with Gasteiger partial charge in [0.2, 0.25) is 0 Å². The molecule has 0 fully saturated rings. The Hall–Kier alpha value is -4.12. The number of ether oxygens (including phenoxy) is 1.